The molecule has 0 spiro atoms. The maximum atomic E-state index is 6.61. The van der Waals surface area contributed by atoms with Gasteiger partial charge in [-0.15, -0.1) is 0 Å². The van der Waals surface area contributed by atoms with Gasteiger partial charge in [-0.25, -0.2) is 0 Å². The number of hydrogen-bond acceptors (Lipinski definition) is 4. The van der Waals surface area contributed by atoms with Gasteiger partial charge in [-0.3, -0.25) is 4.57 Å². The molecule has 0 amide bonds. The molecule has 4 heterocycles. The Hall–Kier alpha value is -7.24. The zero-order chi connectivity index (χ0) is 34.6. The molecule has 2 aliphatic rings. The summed E-state index contributed by atoms with van der Waals surface area (Å²) in [5.41, 5.74) is 12.6. The lowest BCUT2D eigenvalue weighted by Gasteiger charge is -2.27. The Labute approximate surface area is 304 Å². The van der Waals surface area contributed by atoms with Crippen molar-refractivity contribution in [2.75, 3.05) is 4.90 Å². The van der Waals surface area contributed by atoms with Crippen molar-refractivity contribution >= 4 is 60.8 Å². The predicted molar refractivity (Wildman–Crippen MR) is 214 cm³/mol. The van der Waals surface area contributed by atoms with Gasteiger partial charge in [-0.2, -0.15) is 0 Å². The summed E-state index contributed by atoms with van der Waals surface area (Å²) < 4.78 is 21.5. The van der Waals surface area contributed by atoms with Crippen molar-refractivity contribution in [2.45, 2.75) is 0 Å². The van der Waals surface area contributed by atoms with Gasteiger partial charge in [0, 0.05) is 38.6 Å². The number of benzene rings is 8. The van der Waals surface area contributed by atoms with Crippen molar-refractivity contribution in [3.05, 3.63) is 170 Å². The third kappa shape index (κ3) is 4.13. The summed E-state index contributed by atoms with van der Waals surface area (Å²) in [5, 5.41) is 4.49. The number of aromatic nitrogens is 1. The Kier molecular flexibility index (Phi) is 5.71. The number of furan rings is 1. The number of anilines is 3. The molecule has 10 aromatic rings. The monoisotopic (exact) mass is 680 g/mol. The minimum Gasteiger partial charge on any atom is -0.456 e. The van der Waals surface area contributed by atoms with E-state index in [0.29, 0.717) is 0 Å². The fourth-order valence-corrected chi connectivity index (χ4v) is 8.34. The molecule has 0 saturated carbocycles. The van der Waals surface area contributed by atoms with Crippen LogP contribution in [-0.2, 0) is 0 Å². The van der Waals surface area contributed by atoms with Crippen LogP contribution in [0.15, 0.2) is 174 Å². The molecule has 0 fully saturated rings. The average Bonchev–Trinajstić information content (AvgIpc) is 3.76. The van der Waals surface area contributed by atoms with Gasteiger partial charge in [0.2, 0.25) is 0 Å². The maximum Gasteiger partial charge on any atom is 0.155 e. The first kappa shape index (κ1) is 28.5. The minimum absolute atomic E-state index is 0.798. The van der Waals surface area contributed by atoms with E-state index in [1.165, 1.54) is 11.1 Å². The number of para-hydroxylation sites is 3. The highest BCUT2D eigenvalue weighted by Crippen LogP contribution is 2.54. The summed E-state index contributed by atoms with van der Waals surface area (Å²) in [6.45, 7) is 0. The summed E-state index contributed by atoms with van der Waals surface area (Å²) in [7, 11) is 0. The van der Waals surface area contributed by atoms with Gasteiger partial charge in [0.05, 0.1) is 11.0 Å². The van der Waals surface area contributed by atoms with E-state index in [9.17, 15) is 0 Å². The van der Waals surface area contributed by atoms with E-state index in [-0.39, 0.29) is 0 Å². The highest BCUT2D eigenvalue weighted by molar-refractivity contribution is 6.16. The molecular weight excluding hydrogens is 653 g/mol. The Morgan fingerprint density at radius 1 is 0.358 bits per heavy atom. The van der Waals surface area contributed by atoms with Gasteiger partial charge < -0.3 is 18.8 Å². The molecule has 5 nitrogen and oxygen atoms in total. The van der Waals surface area contributed by atoms with Gasteiger partial charge in [0.1, 0.15) is 16.9 Å². The fraction of sp³-hybridized carbons (Fsp3) is 0. The lowest BCUT2D eigenvalue weighted by Crippen LogP contribution is -2.10. The number of fused-ring (bicyclic) bond motifs is 4. The highest BCUT2D eigenvalue weighted by atomic mass is 16.5. The van der Waals surface area contributed by atoms with Crippen LogP contribution in [0.1, 0.15) is 0 Å². The Morgan fingerprint density at radius 3 is 1.74 bits per heavy atom. The molecule has 2 aromatic heterocycles. The molecule has 5 heteroatoms. The molecule has 0 atom stereocenters. The standard InChI is InChI=1S/C48H28N2O3/c1-2-8-29(9-3-1)30-16-20-33(21-17-30)49(35-24-25-41-38(28-35)36-10-4-5-12-40(36)51-41)34-22-18-31(19-23-34)32-26-39-37-11-6-13-42-46(37)50-47(39)45(27-32)53-44-15-7-14-43(52-42)48(44)50/h1-28H. The molecule has 0 radical (unpaired) electrons. The van der Waals surface area contributed by atoms with Crippen LogP contribution in [-0.4, -0.2) is 4.57 Å². The van der Waals surface area contributed by atoms with E-state index in [1.54, 1.807) is 0 Å². The van der Waals surface area contributed by atoms with Crippen LogP contribution in [0.25, 0.3) is 71.7 Å². The molecule has 2 aliphatic heterocycles. The van der Waals surface area contributed by atoms with Crippen molar-refractivity contribution in [3.8, 4) is 50.9 Å². The van der Waals surface area contributed by atoms with E-state index in [1.807, 2.05) is 36.4 Å². The van der Waals surface area contributed by atoms with Crippen molar-refractivity contribution in [1.82, 2.24) is 4.57 Å². The number of ether oxygens (including phenoxy) is 2. The molecule has 0 bridgehead atoms. The number of hydrogen-bond donors (Lipinski definition) is 0. The van der Waals surface area contributed by atoms with Crippen molar-refractivity contribution in [3.63, 3.8) is 0 Å². The number of rotatable bonds is 5. The van der Waals surface area contributed by atoms with Crippen LogP contribution in [0.3, 0.4) is 0 Å². The number of nitrogens with zero attached hydrogens (tertiary/aromatic N) is 2. The van der Waals surface area contributed by atoms with Crippen LogP contribution in [0.2, 0.25) is 0 Å². The van der Waals surface area contributed by atoms with Crippen LogP contribution < -0.4 is 14.4 Å². The zero-order valence-corrected chi connectivity index (χ0v) is 28.3. The first-order valence-corrected chi connectivity index (χ1v) is 17.8. The average molecular weight is 681 g/mol. The van der Waals surface area contributed by atoms with Gasteiger partial charge in [0.15, 0.2) is 23.0 Å². The molecule has 8 aromatic carbocycles. The van der Waals surface area contributed by atoms with Crippen LogP contribution in [0, 0.1) is 0 Å². The predicted octanol–water partition coefficient (Wildman–Crippen LogP) is 13.7. The van der Waals surface area contributed by atoms with E-state index in [0.717, 1.165) is 101 Å². The smallest absolute Gasteiger partial charge is 0.155 e. The largest absolute Gasteiger partial charge is 0.456 e. The van der Waals surface area contributed by atoms with E-state index >= 15 is 0 Å². The first-order chi connectivity index (χ1) is 26.2. The Morgan fingerprint density at radius 2 is 0.943 bits per heavy atom. The minimum atomic E-state index is 0.798. The molecule has 12 rings (SSSR count). The van der Waals surface area contributed by atoms with Crippen molar-refractivity contribution in [1.29, 1.82) is 0 Å². The Balaban J connectivity index is 0.996. The SMILES string of the molecule is c1ccc(-c2ccc(N(c3ccc(-c4cc5c6c(c4)c4cccc7c4n6-c4c(cccc4O5)O7)cc3)c3ccc4oc5ccccc5c4c3)cc2)cc1. The zero-order valence-electron chi connectivity index (χ0n) is 28.3. The third-order valence-corrected chi connectivity index (χ3v) is 10.7. The molecule has 0 unspecified atom stereocenters. The second-order valence-electron chi connectivity index (χ2n) is 13.7. The van der Waals surface area contributed by atoms with Crippen molar-refractivity contribution < 1.29 is 13.9 Å². The fourth-order valence-electron chi connectivity index (χ4n) is 8.34. The Bertz CT molecular complexity index is 3100. The summed E-state index contributed by atoms with van der Waals surface area (Å²) in [6, 6.07) is 59.6. The van der Waals surface area contributed by atoms with Crippen LogP contribution >= 0.6 is 0 Å². The normalized spacial score (nSPS) is 12.5. The summed E-state index contributed by atoms with van der Waals surface area (Å²) in [4.78, 5) is 2.31. The second kappa shape index (κ2) is 10.6. The van der Waals surface area contributed by atoms with E-state index in [4.69, 9.17) is 13.9 Å². The molecule has 248 valence electrons. The maximum absolute atomic E-state index is 6.61. The highest BCUT2D eigenvalue weighted by Gasteiger charge is 2.32. The van der Waals surface area contributed by atoms with Crippen molar-refractivity contribution in [2.24, 2.45) is 0 Å². The van der Waals surface area contributed by atoms with Crippen LogP contribution in [0.4, 0.5) is 17.1 Å². The topological polar surface area (TPSA) is 39.8 Å². The third-order valence-electron chi connectivity index (χ3n) is 10.7. The molecule has 0 N–H and O–H groups in total. The molecule has 0 saturated heterocycles. The lowest BCUT2D eigenvalue weighted by atomic mass is 10.0. The second-order valence-corrected chi connectivity index (χ2v) is 13.7. The quantitative estimate of drug-likeness (QED) is 0.181. The summed E-state index contributed by atoms with van der Waals surface area (Å²) in [6.07, 6.45) is 0. The molecule has 53 heavy (non-hydrogen) atoms. The van der Waals surface area contributed by atoms with Gasteiger partial charge in [0.25, 0.3) is 0 Å². The molecule has 0 aliphatic carbocycles. The molecular formula is C48H28N2O3. The lowest BCUT2D eigenvalue weighted by molar-refractivity contribution is 0.444. The van der Waals surface area contributed by atoms with Crippen LogP contribution in [0.5, 0.6) is 23.0 Å². The summed E-state index contributed by atoms with van der Waals surface area (Å²) in [5.74, 6) is 3.31. The van der Waals surface area contributed by atoms with Gasteiger partial charge in [-0.1, -0.05) is 91.0 Å². The van der Waals surface area contributed by atoms with E-state index < -0.39 is 0 Å². The summed E-state index contributed by atoms with van der Waals surface area (Å²) >= 11 is 0. The van der Waals surface area contributed by atoms with Gasteiger partial charge >= 0.3 is 0 Å². The van der Waals surface area contributed by atoms with Gasteiger partial charge in [-0.05, 0) is 101 Å². The first-order valence-electron chi connectivity index (χ1n) is 17.8. The van der Waals surface area contributed by atoms with E-state index in [2.05, 4.69) is 143 Å².